The first-order valence-electron chi connectivity index (χ1n) is 4.48. The number of nitrogen functional groups attached to an aromatic ring is 1. The van der Waals surface area contributed by atoms with Crippen LogP contribution in [0.5, 0.6) is 0 Å². The van der Waals surface area contributed by atoms with Gasteiger partial charge in [0.1, 0.15) is 5.82 Å². The summed E-state index contributed by atoms with van der Waals surface area (Å²) in [7, 11) is 0. The quantitative estimate of drug-likeness (QED) is 0.780. The van der Waals surface area contributed by atoms with E-state index in [2.05, 4.69) is 15.9 Å². The number of halogens is 2. The summed E-state index contributed by atoms with van der Waals surface area (Å²) in [6.45, 7) is 0. The highest BCUT2D eigenvalue weighted by Crippen LogP contribution is 2.24. The topological polar surface area (TPSA) is 26.0 Å². The van der Waals surface area contributed by atoms with Crippen LogP contribution in [0.1, 0.15) is 0 Å². The van der Waals surface area contributed by atoms with Crippen molar-refractivity contribution in [3.8, 4) is 11.1 Å². The first kappa shape index (κ1) is 10.2. The Morgan fingerprint density at radius 1 is 0.933 bits per heavy atom. The maximum absolute atomic E-state index is 13.3. The van der Waals surface area contributed by atoms with E-state index in [9.17, 15) is 4.39 Å². The van der Waals surface area contributed by atoms with Crippen molar-refractivity contribution in [1.29, 1.82) is 0 Å². The van der Waals surface area contributed by atoms with Crippen molar-refractivity contribution in [2.45, 2.75) is 0 Å². The van der Waals surface area contributed by atoms with E-state index in [1.165, 1.54) is 6.07 Å². The highest BCUT2D eigenvalue weighted by Gasteiger charge is 2.02. The zero-order valence-electron chi connectivity index (χ0n) is 7.87. The van der Waals surface area contributed by atoms with Crippen molar-refractivity contribution in [1.82, 2.24) is 0 Å². The van der Waals surface area contributed by atoms with Gasteiger partial charge in [0.2, 0.25) is 0 Å². The van der Waals surface area contributed by atoms with Crippen LogP contribution in [0.4, 0.5) is 10.1 Å². The van der Waals surface area contributed by atoms with Gasteiger partial charge >= 0.3 is 0 Å². The van der Waals surface area contributed by atoms with Crippen LogP contribution in [0, 0.1) is 5.82 Å². The molecule has 0 bridgehead atoms. The maximum atomic E-state index is 13.3. The lowest BCUT2D eigenvalue weighted by atomic mass is 10.1. The Hall–Kier alpha value is -1.35. The lowest BCUT2D eigenvalue weighted by Crippen LogP contribution is -1.85. The van der Waals surface area contributed by atoms with Gasteiger partial charge in [0.05, 0.1) is 4.47 Å². The molecule has 2 aromatic carbocycles. The predicted octanol–water partition coefficient (Wildman–Crippen LogP) is 3.84. The second-order valence-corrected chi connectivity index (χ2v) is 4.11. The van der Waals surface area contributed by atoms with E-state index in [0.717, 1.165) is 11.1 Å². The van der Waals surface area contributed by atoms with E-state index in [1.807, 2.05) is 18.2 Å². The van der Waals surface area contributed by atoms with Crippen LogP contribution >= 0.6 is 15.9 Å². The van der Waals surface area contributed by atoms with E-state index in [1.54, 1.807) is 18.2 Å². The molecule has 0 unspecified atom stereocenters. The van der Waals surface area contributed by atoms with Gasteiger partial charge in [-0.05, 0) is 51.3 Å². The van der Waals surface area contributed by atoms with E-state index in [4.69, 9.17) is 5.73 Å². The summed E-state index contributed by atoms with van der Waals surface area (Å²) in [4.78, 5) is 0. The van der Waals surface area contributed by atoms with Crippen LogP contribution in [0.25, 0.3) is 11.1 Å². The maximum Gasteiger partial charge on any atom is 0.137 e. The second kappa shape index (κ2) is 4.03. The third-order valence-corrected chi connectivity index (χ3v) is 2.81. The van der Waals surface area contributed by atoms with Crippen LogP contribution in [-0.4, -0.2) is 0 Å². The molecule has 0 radical (unpaired) electrons. The van der Waals surface area contributed by atoms with Gasteiger partial charge in [-0.25, -0.2) is 4.39 Å². The van der Waals surface area contributed by atoms with Crippen LogP contribution in [-0.2, 0) is 0 Å². The number of rotatable bonds is 1. The Kier molecular flexibility index (Phi) is 2.73. The molecular formula is C12H9BrFN. The van der Waals surface area contributed by atoms with Crippen LogP contribution in [0.3, 0.4) is 0 Å². The van der Waals surface area contributed by atoms with Gasteiger partial charge in [-0.3, -0.25) is 0 Å². The van der Waals surface area contributed by atoms with Gasteiger partial charge in [0.15, 0.2) is 0 Å². The van der Waals surface area contributed by atoms with Gasteiger partial charge in [0.25, 0.3) is 0 Å². The first-order chi connectivity index (χ1) is 7.16. The van der Waals surface area contributed by atoms with Gasteiger partial charge < -0.3 is 5.73 Å². The fraction of sp³-hybridized carbons (Fsp3) is 0. The van der Waals surface area contributed by atoms with Crippen molar-refractivity contribution in [3.05, 3.63) is 52.8 Å². The molecule has 15 heavy (non-hydrogen) atoms. The summed E-state index contributed by atoms with van der Waals surface area (Å²) in [5.74, 6) is -0.260. The molecule has 0 heterocycles. The van der Waals surface area contributed by atoms with E-state index in [0.29, 0.717) is 10.2 Å². The minimum atomic E-state index is -0.260. The molecule has 0 aliphatic heterocycles. The Morgan fingerprint density at radius 3 is 2.13 bits per heavy atom. The van der Waals surface area contributed by atoms with Gasteiger partial charge in [-0.15, -0.1) is 0 Å². The Morgan fingerprint density at radius 2 is 1.53 bits per heavy atom. The molecule has 2 aromatic rings. The minimum absolute atomic E-state index is 0.260. The SMILES string of the molecule is Nc1ccc(-c2ccc(Br)c(F)c2)cc1. The first-order valence-corrected chi connectivity index (χ1v) is 5.27. The fourth-order valence-corrected chi connectivity index (χ4v) is 1.60. The molecule has 76 valence electrons. The van der Waals surface area contributed by atoms with Crippen molar-refractivity contribution >= 4 is 21.6 Å². The zero-order chi connectivity index (χ0) is 10.8. The van der Waals surface area contributed by atoms with Crippen LogP contribution < -0.4 is 5.73 Å². The largest absolute Gasteiger partial charge is 0.399 e. The van der Waals surface area contributed by atoms with E-state index < -0.39 is 0 Å². The summed E-state index contributed by atoms with van der Waals surface area (Å²) < 4.78 is 13.7. The molecule has 0 aromatic heterocycles. The Bertz CT molecular complexity index is 479. The third kappa shape index (κ3) is 2.18. The van der Waals surface area contributed by atoms with Crippen molar-refractivity contribution in [2.24, 2.45) is 0 Å². The molecule has 3 heteroatoms. The van der Waals surface area contributed by atoms with Crippen LogP contribution in [0.15, 0.2) is 46.9 Å². The van der Waals surface area contributed by atoms with Gasteiger partial charge in [-0.2, -0.15) is 0 Å². The molecule has 2 rings (SSSR count). The summed E-state index contributed by atoms with van der Waals surface area (Å²) in [6, 6.07) is 12.4. The molecule has 0 aliphatic carbocycles. The summed E-state index contributed by atoms with van der Waals surface area (Å²) in [5, 5.41) is 0. The van der Waals surface area contributed by atoms with Crippen molar-refractivity contribution in [2.75, 3.05) is 5.73 Å². The molecule has 1 nitrogen and oxygen atoms in total. The molecule has 0 spiro atoms. The standard InChI is InChI=1S/C12H9BrFN/c13-11-6-3-9(7-12(11)14)8-1-4-10(15)5-2-8/h1-7H,15H2. The predicted molar refractivity (Wildman–Crippen MR) is 63.9 cm³/mol. The second-order valence-electron chi connectivity index (χ2n) is 3.25. The highest BCUT2D eigenvalue weighted by molar-refractivity contribution is 9.10. The summed E-state index contributed by atoms with van der Waals surface area (Å²) in [5.41, 5.74) is 8.08. The fourth-order valence-electron chi connectivity index (χ4n) is 1.35. The molecule has 0 fully saturated rings. The smallest absolute Gasteiger partial charge is 0.137 e. The molecule has 0 saturated carbocycles. The van der Waals surface area contributed by atoms with E-state index >= 15 is 0 Å². The van der Waals surface area contributed by atoms with Crippen molar-refractivity contribution in [3.63, 3.8) is 0 Å². The molecule has 0 saturated heterocycles. The third-order valence-electron chi connectivity index (χ3n) is 2.16. The molecule has 0 atom stereocenters. The van der Waals surface area contributed by atoms with E-state index in [-0.39, 0.29) is 5.82 Å². The number of hydrogen-bond donors (Lipinski definition) is 1. The lowest BCUT2D eigenvalue weighted by Gasteiger charge is -2.03. The zero-order valence-corrected chi connectivity index (χ0v) is 9.46. The molecule has 2 N–H and O–H groups in total. The summed E-state index contributed by atoms with van der Waals surface area (Å²) >= 11 is 3.12. The minimum Gasteiger partial charge on any atom is -0.399 e. The Labute approximate surface area is 95.9 Å². The molecular weight excluding hydrogens is 257 g/mol. The average Bonchev–Trinajstić information content (AvgIpc) is 2.23. The number of hydrogen-bond acceptors (Lipinski definition) is 1. The molecule has 0 amide bonds. The normalized spacial score (nSPS) is 10.3. The highest BCUT2D eigenvalue weighted by atomic mass is 79.9. The monoisotopic (exact) mass is 265 g/mol. The lowest BCUT2D eigenvalue weighted by molar-refractivity contribution is 0.621. The average molecular weight is 266 g/mol. The number of anilines is 1. The molecule has 0 aliphatic rings. The number of benzene rings is 2. The van der Waals surface area contributed by atoms with Gasteiger partial charge in [0, 0.05) is 5.69 Å². The number of nitrogens with two attached hydrogens (primary N) is 1. The van der Waals surface area contributed by atoms with Crippen LogP contribution in [0.2, 0.25) is 0 Å². The Balaban J connectivity index is 2.45. The summed E-state index contributed by atoms with van der Waals surface area (Å²) in [6.07, 6.45) is 0. The van der Waals surface area contributed by atoms with Gasteiger partial charge in [-0.1, -0.05) is 18.2 Å². The van der Waals surface area contributed by atoms with Crippen molar-refractivity contribution < 1.29 is 4.39 Å².